The number of ether oxygens (including phenoxy) is 1. The molecule has 0 saturated carbocycles. The summed E-state index contributed by atoms with van der Waals surface area (Å²) in [5, 5.41) is 8.45. The second-order valence-electron chi connectivity index (χ2n) is 4.00. The average Bonchev–Trinajstić information content (AvgIpc) is 2.36. The Kier molecular flexibility index (Phi) is 4.87. The van der Waals surface area contributed by atoms with Crippen molar-refractivity contribution in [2.45, 2.75) is 24.9 Å². The molecule has 0 fully saturated rings. The molecule has 9 heteroatoms. The van der Waals surface area contributed by atoms with E-state index in [-0.39, 0.29) is 12.8 Å². The number of alkyl halides is 5. The maximum atomic E-state index is 12.6. The van der Waals surface area contributed by atoms with Crippen LogP contribution in [-0.4, -0.2) is 29.1 Å². The SMILES string of the molecule is O=C(O)CCc1ccc(OC(=O)C(F)(F)C(F)(F)F)cc1. The minimum absolute atomic E-state index is 0.141. The van der Waals surface area contributed by atoms with Crippen molar-refractivity contribution in [2.24, 2.45) is 0 Å². The van der Waals surface area contributed by atoms with E-state index in [0.29, 0.717) is 5.56 Å². The molecule has 0 aliphatic heterocycles. The van der Waals surface area contributed by atoms with Crippen LogP contribution in [0.5, 0.6) is 5.75 Å². The zero-order valence-electron chi connectivity index (χ0n) is 10.3. The highest BCUT2D eigenvalue weighted by atomic mass is 19.4. The maximum Gasteiger partial charge on any atom is 0.465 e. The maximum absolute atomic E-state index is 12.6. The summed E-state index contributed by atoms with van der Waals surface area (Å²) in [7, 11) is 0. The second kappa shape index (κ2) is 6.06. The predicted molar refractivity (Wildman–Crippen MR) is 59.0 cm³/mol. The lowest BCUT2D eigenvalue weighted by Gasteiger charge is -2.17. The molecule has 1 rings (SSSR count). The van der Waals surface area contributed by atoms with Crippen molar-refractivity contribution >= 4 is 11.9 Å². The van der Waals surface area contributed by atoms with Gasteiger partial charge >= 0.3 is 24.0 Å². The number of rotatable bonds is 5. The van der Waals surface area contributed by atoms with Crippen LogP contribution in [-0.2, 0) is 16.0 Å². The molecule has 0 unspecified atom stereocenters. The lowest BCUT2D eigenvalue weighted by Crippen LogP contribution is -2.46. The van der Waals surface area contributed by atoms with E-state index >= 15 is 0 Å². The van der Waals surface area contributed by atoms with E-state index in [9.17, 15) is 31.5 Å². The first-order valence-corrected chi connectivity index (χ1v) is 5.51. The molecule has 1 aromatic carbocycles. The zero-order valence-corrected chi connectivity index (χ0v) is 10.3. The number of halogens is 5. The van der Waals surface area contributed by atoms with Gasteiger partial charge in [0.25, 0.3) is 0 Å². The summed E-state index contributed by atoms with van der Waals surface area (Å²) >= 11 is 0. The van der Waals surface area contributed by atoms with Gasteiger partial charge in [-0.2, -0.15) is 22.0 Å². The van der Waals surface area contributed by atoms with E-state index in [4.69, 9.17) is 5.11 Å². The molecule has 116 valence electrons. The van der Waals surface area contributed by atoms with Crippen molar-refractivity contribution in [3.05, 3.63) is 29.8 Å². The molecule has 0 amide bonds. The molecule has 1 N–H and O–H groups in total. The minimum Gasteiger partial charge on any atom is -0.481 e. The van der Waals surface area contributed by atoms with Gasteiger partial charge in [0, 0.05) is 6.42 Å². The minimum atomic E-state index is -6.04. The zero-order chi connectivity index (χ0) is 16.3. The van der Waals surface area contributed by atoms with Crippen molar-refractivity contribution in [1.82, 2.24) is 0 Å². The Morgan fingerprint density at radius 2 is 1.57 bits per heavy atom. The van der Waals surface area contributed by atoms with Gasteiger partial charge in [0.2, 0.25) is 0 Å². The third-order valence-electron chi connectivity index (χ3n) is 2.37. The number of carboxylic acids is 1. The van der Waals surface area contributed by atoms with Crippen LogP contribution in [0.2, 0.25) is 0 Å². The standard InChI is InChI=1S/C12H9F5O4/c13-11(14,12(15,16)17)10(20)21-8-4-1-7(2-5-8)3-6-9(18)19/h1-2,4-5H,3,6H2,(H,18,19). The summed E-state index contributed by atoms with van der Waals surface area (Å²) in [5.74, 6) is -9.87. The molecule has 0 saturated heterocycles. The number of carbonyl (C=O) groups is 2. The fraction of sp³-hybridized carbons (Fsp3) is 0.333. The van der Waals surface area contributed by atoms with E-state index in [1.165, 1.54) is 12.1 Å². The van der Waals surface area contributed by atoms with Gasteiger partial charge in [0.1, 0.15) is 5.75 Å². The van der Waals surface area contributed by atoms with Gasteiger partial charge in [-0.3, -0.25) is 4.79 Å². The molecular weight excluding hydrogens is 303 g/mol. The van der Waals surface area contributed by atoms with Crippen molar-refractivity contribution < 1.29 is 41.4 Å². The lowest BCUT2D eigenvalue weighted by atomic mass is 10.1. The topological polar surface area (TPSA) is 63.6 Å². The Balaban J connectivity index is 2.72. The summed E-state index contributed by atoms with van der Waals surface area (Å²) in [6.07, 6.45) is -6.07. The number of benzene rings is 1. The lowest BCUT2D eigenvalue weighted by molar-refractivity contribution is -0.276. The second-order valence-corrected chi connectivity index (χ2v) is 4.00. The van der Waals surface area contributed by atoms with Crippen LogP contribution in [0.3, 0.4) is 0 Å². The van der Waals surface area contributed by atoms with Gasteiger partial charge in [-0.25, -0.2) is 4.79 Å². The van der Waals surface area contributed by atoms with Crippen LogP contribution in [0, 0.1) is 0 Å². The van der Waals surface area contributed by atoms with Gasteiger partial charge in [-0.05, 0) is 24.1 Å². The van der Waals surface area contributed by atoms with Crippen molar-refractivity contribution in [3.8, 4) is 5.75 Å². The van der Waals surface area contributed by atoms with E-state index in [1.54, 1.807) is 0 Å². The van der Waals surface area contributed by atoms with Crippen LogP contribution in [0.1, 0.15) is 12.0 Å². The van der Waals surface area contributed by atoms with Crippen LogP contribution in [0.25, 0.3) is 0 Å². The van der Waals surface area contributed by atoms with Gasteiger partial charge < -0.3 is 9.84 Å². The van der Waals surface area contributed by atoms with Gasteiger partial charge in [-0.1, -0.05) is 12.1 Å². The highest BCUT2D eigenvalue weighted by Gasteiger charge is 2.65. The summed E-state index contributed by atoms with van der Waals surface area (Å²) < 4.78 is 65.0. The van der Waals surface area contributed by atoms with Crippen molar-refractivity contribution in [3.63, 3.8) is 0 Å². The largest absolute Gasteiger partial charge is 0.481 e. The molecule has 1 aromatic rings. The Bertz CT molecular complexity index is 521. The van der Waals surface area contributed by atoms with E-state index < -0.39 is 29.8 Å². The molecule has 0 aliphatic rings. The van der Waals surface area contributed by atoms with Crippen LogP contribution in [0.15, 0.2) is 24.3 Å². The Morgan fingerprint density at radius 1 is 1.05 bits per heavy atom. The summed E-state index contributed by atoms with van der Waals surface area (Å²) in [6.45, 7) is 0. The number of aryl methyl sites for hydroxylation is 1. The van der Waals surface area contributed by atoms with Crippen molar-refractivity contribution in [2.75, 3.05) is 0 Å². The Morgan fingerprint density at radius 3 is 2.00 bits per heavy atom. The summed E-state index contributed by atoms with van der Waals surface area (Å²) in [6, 6.07) is 4.53. The molecule has 0 radical (unpaired) electrons. The normalized spacial score (nSPS) is 12.0. The van der Waals surface area contributed by atoms with Gasteiger partial charge in [0.05, 0.1) is 0 Å². The fourth-order valence-corrected chi connectivity index (χ4v) is 1.26. The summed E-state index contributed by atoms with van der Waals surface area (Å²) in [5.41, 5.74) is 0.500. The Labute approximate surface area is 115 Å². The van der Waals surface area contributed by atoms with E-state index in [0.717, 1.165) is 12.1 Å². The molecule has 0 bridgehead atoms. The predicted octanol–water partition coefficient (Wildman–Crippen LogP) is 2.81. The molecule has 4 nitrogen and oxygen atoms in total. The molecular formula is C12H9F5O4. The van der Waals surface area contributed by atoms with Crippen molar-refractivity contribution in [1.29, 1.82) is 0 Å². The van der Waals surface area contributed by atoms with E-state index in [2.05, 4.69) is 4.74 Å². The molecule has 0 spiro atoms. The highest BCUT2D eigenvalue weighted by Crippen LogP contribution is 2.36. The van der Waals surface area contributed by atoms with Gasteiger partial charge in [0.15, 0.2) is 0 Å². The van der Waals surface area contributed by atoms with Crippen LogP contribution in [0.4, 0.5) is 22.0 Å². The first-order chi connectivity index (χ1) is 9.54. The third kappa shape index (κ3) is 4.40. The van der Waals surface area contributed by atoms with Crippen LogP contribution < -0.4 is 4.74 Å². The summed E-state index contributed by atoms with van der Waals surface area (Å²) in [4.78, 5) is 21.1. The third-order valence-corrected chi connectivity index (χ3v) is 2.37. The number of carbonyl (C=O) groups excluding carboxylic acids is 1. The quantitative estimate of drug-likeness (QED) is 0.516. The number of aliphatic carboxylic acids is 1. The molecule has 0 aromatic heterocycles. The first kappa shape index (κ1) is 16.9. The average molecular weight is 312 g/mol. The number of hydrogen-bond acceptors (Lipinski definition) is 3. The van der Waals surface area contributed by atoms with Gasteiger partial charge in [-0.15, -0.1) is 0 Å². The number of hydrogen-bond donors (Lipinski definition) is 1. The highest BCUT2D eigenvalue weighted by molar-refractivity contribution is 5.80. The first-order valence-electron chi connectivity index (χ1n) is 5.51. The molecule has 0 heterocycles. The molecule has 0 atom stereocenters. The fourth-order valence-electron chi connectivity index (χ4n) is 1.26. The molecule has 21 heavy (non-hydrogen) atoms. The molecule has 0 aliphatic carbocycles. The number of esters is 1. The van der Waals surface area contributed by atoms with E-state index in [1.807, 2.05) is 0 Å². The van der Waals surface area contributed by atoms with Crippen LogP contribution >= 0.6 is 0 Å². The number of carboxylic acid groups (broad SMARTS) is 1. The monoisotopic (exact) mass is 312 g/mol. The smallest absolute Gasteiger partial charge is 0.465 e. The Hall–Kier alpha value is -2.19.